The van der Waals surface area contributed by atoms with Gasteiger partial charge >= 0.3 is 6.09 Å². The molecule has 1 aromatic carbocycles. The van der Waals surface area contributed by atoms with Crippen molar-refractivity contribution >= 4 is 6.09 Å². The number of methoxy groups -OCH3 is 3. The number of hydrogen-bond acceptors (Lipinski definition) is 7. The number of rotatable bonds is 4. The van der Waals surface area contributed by atoms with E-state index < -0.39 is 11.2 Å². The zero-order valence-corrected chi connectivity index (χ0v) is 18.0. The largest absolute Gasteiger partial charge is 0.493 e. The standard InChI is InChI=1S/C21H31NO7/c1-20(2,3)29-19(23)22-14-9-21(24,10-15(22)12-28-11-14)13-7-16(25-4)18(27-6)17(8-13)26-5/h7-8,14-15,24H,9-12H2,1-6H3. The molecule has 1 N–H and O–H groups in total. The van der Waals surface area contributed by atoms with Crippen molar-refractivity contribution in [1.29, 1.82) is 0 Å². The Morgan fingerprint density at radius 1 is 1.07 bits per heavy atom. The van der Waals surface area contributed by atoms with Crippen molar-refractivity contribution in [1.82, 2.24) is 4.90 Å². The number of carbonyl (C=O) groups is 1. The van der Waals surface area contributed by atoms with E-state index in [2.05, 4.69) is 0 Å². The fourth-order valence-electron chi connectivity index (χ4n) is 4.17. The maximum Gasteiger partial charge on any atom is 0.410 e. The Morgan fingerprint density at radius 3 is 2.00 bits per heavy atom. The number of carbonyl (C=O) groups excluding carboxylic acids is 1. The summed E-state index contributed by atoms with van der Waals surface area (Å²) in [4.78, 5) is 14.5. The second-order valence-electron chi connectivity index (χ2n) is 8.59. The molecule has 1 amide bonds. The fourth-order valence-corrected chi connectivity index (χ4v) is 4.17. The first-order chi connectivity index (χ1) is 13.6. The number of ether oxygens (including phenoxy) is 5. The van der Waals surface area contributed by atoms with Crippen LogP contribution >= 0.6 is 0 Å². The number of morpholine rings is 1. The van der Waals surface area contributed by atoms with Crippen LogP contribution in [-0.2, 0) is 15.1 Å². The van der Waals surface area contributed by atoms with Crippen molar-refractivity contribution in [2.75, 3.05) is 34.5 Å². The third-order valence-corrected chi connectivity index (χ3v) is 5.36. The summed E-state index contributed by atoms with van der Waals surface area (Å²) in [6.07, 6.45) is 0.269. The van der Waals surface area contributed by atoms with Crippen LogP contribution in [0.1, 0.15) is 39.2 Å². The summed E-state index contributed by atoms with van der Waals surface area (Å²) >= 11 is 0. The Balaban J connectivity index is 1.93. The zero-order chi connectivity index (χ0) is 21.4. The molecule has 2 aliphatic heterocycles. The van der Waals surface area contributed by atoms with E-state index in [9.17, 15) is 9.90 Å². The van der Waals surface area contributed by atoms with Crippen molar-refractivity contribution in [3.05, 3.63) is 17.7 Å². The third-order valence-electron chi connectivity index (χ3n) is 5.36. The molecule has 1 aromatic rings. The van der Waals surface area contributed by atoms with Gasteiger partial charge < -0.3 is 28.8 Å². The topological polar surface area (TPSA) is 86.7 Å². The molecular weight excluding hydrogens is 378 g/mol. The summed E-state index contributed by atoms with van der Waals surface area (Å²) in [6, 6.07) is 2.95. The van der Waals surface area contributed by atoms with Gasteiger partial charge in [0.2, 0.25) is 5.75 Å². The molecule has 2 heterocycles. The number of hydrogen-bond donors (Lipinski definition) is 1. The van der Waals surface area contributed by atoms with Crippen molar-refractivity contribution in [2.45, 2.75) is 56.9 Å². The monoisotopic (exact) mass is 409 g/mol. The van der Waals surface area contributed by atoms with Crippen LogP contribution < -0.4 is 14.2 Å². The highest BCUT2D eigenvalue weighted by atomic mass is 16.6. The molecular formula is C21H31NO7. The first kappa shape index (κ1) is 21.5. The smallest absolute Gasteiger partial charge is 0.410 e. The van der Waals surface area contributed by atoms with Gasteiger partial charge in [0.05, 0.1) is 52.2 Å². The van der Waals surface area contributed by atoms with E-state index in [1.807, 2.05) is 20.8 Å². The van der Waals surface area contributed by atoms with Gasteiger partial charge in [0.25, 0.3) is 0 Å². The van der Waals surface area contributed by atoms with E-state index in [1.165, 1.54) is 7.11 Å². The van der Waals surface area contributed by atoms with Crippen molar-refractivity contribution < 1.29 is 33.6 Å². The Kier molecular flexibility index (Phi) is 5.87. The highest BCUT2D eigenvalue weighted by Crippen LogP contribution is 2.46. The normalized spacial score (nSPS) is 26.7. The van der Waals surface area contributed by atoms with Crippen LogP contribution in [0.15, 0.2) is 12.1 Å². The summed E-state index contributed by atoms with van der Waals surface area (Å²) in [5.74, 6) is 1.43. The van der Waals surface area contributed by atoms with Gasteiger partial charge in [0, 0.05) is 12.8 Å². The molecule has 2 atom stereocenters. The van der Waals surface area contributed by atoms with Gasteiger partial charge in [-0.1, -0.05) is 0 Å². The van der Waals surface area contributed by atoms with Crippen LogP contribution in [0.4, 0.5) is 4.79 Å². The zero-order valence-electron chi connectivity index (χ0n) is 18.0. The molecule has 2 fully saturated rings. The minimum Gasteiger partial charge on any atom is -0.493 e. The van der Waals surface area contributed by atoms with Gasteiger partial charge in [0.1, 0.15) is 5.60 Å². The molecule has 8 heteroatoms. The maximum atomic E-state index is 12.8. The van der Waals surface area contributed by atoms with E-state index in [1.54, 1.807) is 31.3 Å². The third kappa shape index (κ3) is 4.23. The summed E-state index contributed by atoms with van der Waals surface area (Å²) in [7, 11) is 4.62. The van der Waals surface area contributed by atoms with Crippen molar-refractivity contribution in [3.63, 3.8) is 0 Å². The molecule has 0 radical (unpaired) electrons. The minimum absolute atomic E-state index is 0.290. The highest BCUT2D eigenvalue weighted by molar-refractivity contribution is 5.69. The van der Waals surface area contributed by atoms with Crippen LogP contribution in [0, 0.1) is 0 Å². The molecule has 3 rings (SSSR count). The Morgan fingerprint density at radius 2 is 1.59 bits per heavy atom. The van der Waals surface area contributed by atoms with E-state index in [4.69, 9.17) is 23.7 Å². The number of nitrogens with zero attached hydrogens (tertiary/aromatic N) is 1. The van der Waals surface area contributed by atoms with Crippen LogP contribution in [0.3, 0.4) is 0 Å². The van der Waals surface area contributed by atoms with Crippen LogP contribution in [-0.4, -0.2) is 68.3 Å². The Hall–Kier alpha value is -2.19. The lowest BCUT2D eigenvalue weighted by Gasteiger charge is -2.51. The number of piperidine rings is 1. The van der Waals surface area contributed by atoms with Gasteiger partial charge in [-0.05, 0) is 38.5 Å². The molecule has 0 saturated carbocycles. The van der Waals surface area contributed by atoms with Gasteiger partial charge in [-0.15, -0.1) is 0 Å². The van der Waals surface area contributed by atoms with Crippen LogP contribution in [0.25, 0.3) is 0 Å². The fraction of sp³-hybridized carbons (Fsp3) is 0.667. The molecule has 8 nitrogen and oxygen atoms in total. The second-order valence-corrected chi connectivity index (χ2v) is 8.59. The van der Waals surface area contributed by atoms with Crippen LogP contribution in [0.5, 0.6) is 17.2 Å². The van der Waals surface area contributed by atoms with Gasteiger partial charge in [0.15, 0.2) is 11.5 Å². The van der Waals surface area contributed by atoms with E-state index >= 15 is 0 Å². The first-order valence-electron chi connectivity index (χ1n) is 9.74. The van der Waals surface area contributed by atoms with Gasteiger partial charge in [-0.25, -0.2) is 4.79 Å². The summed E-state index contributed by atoms with van der Waals surface area (Å²) < 4.78 is 27.5. The predicted molar refractivity (Wildman–Crippen MR) is 106 cm³/mol. The SMILES string of the molecule is COc1cc(C2(O)CC3COCC(C2)N3C(=O)OC(C)(C)C)cc(OC)c1OC. The molecule has 0 spiro atoms. The van der Waals surface area contributed by atoms with Crippen LogP contribution in [0.2, 0.25) is 0 Å². The second kappa shape index (κ2) is 7.91. The lowest BCUT2D eigenvalue weighted by atomic mass is 9.77. The number of amides is 1. The average molecular weight is 409 g/mol. The predicted octanol–water partition coefficient (Wildman–Crippen LogP) is 2.70. The molecule has 29 heavy (non-hydrogen) atoms. The molecule has 0 aromatic heterocycles. The van der Waals surface area contributed by atoms with Crippen molar-refractivity contribution in [3.8, 4) is 17.2 Å². The summed E-state index contributed by atoms with van der Waals surface area (Å²) in [6.45, 7) is 6.22. The Labute approximate surface area is 171 Å². The quantitative estimate of drug-likeness (QED) is 0.818. The Bertz CT molecular complexity index is 719. The lowest BCUT2D eigenvalue weighted by Crippen LogP contribution is -2.63. The van der Waals surface area contributed by atoms with E-state index in [0.29, 0.717) is 48.9 Å². The minimum atomic E-state index is -1.16. The summed E-state index contributed by atoms with van der Waals surface area (Å²) in [5, 5.41) is 11.6. The van der Waals surface area contributed by atoms with E-state index in [-0.39, 0.29) is 18.2 Å². The van der Waals surface area contributed by atoms with Gasteiger partial charge in [-0.2, -0.15) is 0 Å². The number of benzene rings is 1. The molecule has 0 aliphatic carbocycles. The first-order valence-corrected chi connectivity index (χ1v) is 9.74. The molecule has 2 aliphatic rings. The highest BCUT2D eigenvalue weighted by Gasteiger charge is 2.50. The molecule has 2 bridgehead atoms. The number of fused-ring (bicyclic) bond motifs is 2. The average Bonchev–Trinajstić information content (AvgIpc) is 2.64. The molecule has 2 unspecified atom stereocenters. The molecule has 2 saturated heterocycles. The summed E-state index contributed by atoms with van der Waals surface area (Å²) in [5.41, 5.74) is -1.09. The van der Waals surface area contributed by atoms with E-state index in [0.717, 1.165) is 0 Å². The number of aliphatic hydroxyl groups is 1. The van der Waals surface area contributed by atoms with Crippen molar-refractivity contribution in [2.24, 2.45) is 0 Å². The van der Waals surface area contributed by atoms with Gasteiger partial charge in [-0.3, -0.25) is 4.90 Å². The molecule has 162 valence electrons. The lowest BCUT2D eigenvalue weighted by molar-refractivity contribution is -0.141. The maximum absolute atomic E-state index is 12.8.